The molecule has 106 valence electrons. The summed E-state index contributed by atoms with van der Waals surface area (Å²) in [6, 6.07) is 6.31. The van der Waals surface area contributed by atoms with E-state index >= 15 is 0 Å². The second-order valence-electron chi connectivity index (χ2n) is 4.34. The highest BCUT2D eigenvalue weighted by Crippen LogP contribution is 2.19. The smallest absolute Gasteiger partial charge is 0.191 e. The molecule has 0 heterocycles. The second-order valence-corrected chi connectivity index (χ2v) is 4.34. The molecule has 0 radical (unpaired) electrons. The molecule has 0 aromatic heterocycles. The minimum absolute atomic E-state index is 0.765. The lowest BCUT2D eigenvalue weighted by molar-refractivity contribution is 0.411. The van der Waals surface area contributed by atoms with Crippen molar-refractivity contribution in [2.45, 2.75) is 27.2 Å². The summed E-state index contributed by atoms with van der Waals surface area (Å²) in [5, 5.41) is 6.43. The van der Waals surface area contributed by atoms with Crippen LogP contribution in [-0.2, 0) is 6.42 Å². The first-order chi connectivity index (χ1) is 9.21. The fourth-order valence-electron chi connectivity index (χ4n) is 1.83. The lowest BCUT2D eigenvalue weighted by Gasteiger charge is -2.10. The number of hydrogen-bond donors (Lipinski definition) is 2. The Bertz CT molecular complexity index is 408. The molecule has 0 amide bonds. The largest absolute Gasteiger partial charge is 0.496 e. The van der Waals surface area contributed by atoms with E-state index in [1.165, 1.54) is 5.56 Å². The monoisotopic (exact) mass is 263 g/mol. The number of guanidine groups is 1. The number of aliphatic imine (C=N–C) groups is 1. The lowest BCUT2D eigenvalue weighted by atomic mass is 10.1. The standard InChI is InChI=1S/C15H25N3O/c1-5-16-15(17-6-2)18-10-9-13-8-7-12(3)14(11-13)19-4/h7-8,11H,5-6,9-10H2,1-4H3,(H2,16,17,18). The Labute approximate surface area is 116 Å². The SMILES string of the molecule is CCNC(=NCCc1ccc(C)c(OC)c1)NCC. The molecule has 0 saturated carbocycles. The van der Waals surface area contributed by atoms with Crippen LogP contribution in [0.2, 0.25) is 0 Å². The van der Waals surface area contributed by atoms with Crippen LogP contribution in [-0.4, -0.2) is 32.7 Å². The van der Waals surface area contributed by atoms with Crippen LogP contribution in [0.4, 0.5) is 0 Å². The zero-order chi connectivity index (χ0) is 14.1. The third-order valence-electron chi connectivity index (χ3n) is 2.83. The van der Waals surface area contributed by atoms with Gasteiger partial charge in [0, 0.05) is 19.6 Å². The molecule has 1 aromatic rings. The van der Waals surface area contributed by atoms with E-state index in [1.54, 1.807) is 7.11 Å². The molecular weight excluding hydrogens is 238 g/mol. The van der Waals surface area contributed by atoms with Crippen LogP contribution in [0.15, 0.2) is 23.2 Å². The van der Waals surface area contributed by atoms with Crippen molar-refractivity contribution in [3.63, 3.8) is 0 Å². The van der Waals surface area contributed by atoms with Gasteiger partial charge >= 0.3 is 0 Å². The highest BCUT2D eigenvalue weighted by Gasteiger charge is 2.00. The summed E-state index contributed by atoms with van der Waals surface area (Å²) in [7, 11) is 1.71. The second kappa shape index (κ2) is 8.40. The zero-order valence-electron chi connectivity index (χ0n) is 12.4. The first-order valence-electron chi connectivity index (χ1n) is 6.87. The Morgan fingerprint density at radius 3 is 2.47 bits per heavy atom. The topological polar surface area (TPSA) is 45.7 Å². The Kier molecular flexibility index (Phi) is 6.79. The zero-order valence-corrected chi connectivity index (χ0v) is 12.4. The minimum atomic E-state index is 0.765. The minimum Gasteiger partial charge on any atom is -0.496 e. The van der Waals surface area contributed by atoms with Gasteiger partial charge in [-0.2, -0.15) is 0 Å². The molecule has 0 atom stereocenters. The Hall–Kier alpha value is -1.71. The average Bonchev–Trinajstić information content (AvgIpc) is 2.41. The van der Waals surface area contributed by atoms with Crippen LogP contribution in [0.3, 0.4) is 0 Å². The molecule has 0 aliphatic carbocycles. The highest BCUT2D eigenvalue weighted by molar-refractivity contribution is 5.79. The number of benzene rings is 1. The van der Waals surface area contributed by atoms with Gasteiger partial charge in [0.2, 0.25) is 0 Å². The maximum Gasteiger partial charge on any atom is 0.191 e. The van der Waals surface area contributed by atoms with Gasteiger partial charge in [0.05, 0.1) is 7.11 Å². The van der Waals surface area contributed by atoms with Gasteiger partial charge in [0.15, 0.2) is 5.96 Å². The molecule has 0 fully saturated rings. The number of nitrogens with one attached hydrogen (secondary N) is 2. The number of hydrogen-bond acceptors (Lipinski definition) is 2. The highest BCUT2D eigenvalue weighted by atomic mass is 16.5. The van der Waals surface area contributed by atoms with E-state index in [1.807, 2.05) is 0 Å². The van der Waals surface area contributed by atoms with Crippen molar-refractivity contribution in [2.24, 2.45) is 4.99 Å². The first kappa shape index (κ1) is 15.3. The number of methoxy groups -OCH3 is 1. The van der Waals surface area contributed by atoms with Gasteiger partial charge in [-0.15, -0.1) is 0 Å². The maximum absolute atomic E-state index is 5.33. The molecule has 0 aliphatic heterocycles. The summed E-state index contributed by atoms with van der Waals surface area (Å²) in [6.45, 7) is 8.71. The summed E-state index contributed by atoms with van der Waals surface area (Å²) in [5.41, 5.74) is 2.41. The number of nitrogens with zero attached hydrogens (tertiary/aromatic N) is 1. The van der Waals surface area contributed by atoms with Gasteiger partial charge in [-0.05, 0) is 44.4 Å². The fraction of sp³-hybridized carbons (Fsp3) is 0.533. The van der Waals surface area contributed by atoms with Crippen molar-refractivity contribution in [1.29, 1.82) is 0 Å². The first-order valence-corrected chi connectivity index (χ1v) is 6.87. The molecule has 0 saturated heterocycles. The molecule has 0 spiro atoms. The van der Waals surface area contributed by atoms with E-state index in [0.29, 0.717) is 0 Å². The van der Waals surface area contributed by atoms with E-state index in [4.69, 9.17) is 4.74 Å². The summed E-state index contributed by atoms with van der Waals surface area (Å²) in [6.07, 6.45) is 0.914. The predicted octanol–water partition coefficient (Wildman–Crippen LogP) is 2.12. The molecule has 1 rings (SSSR count). The number of ether oxygens (including phenoxy) is 1. The lowest BCUT2D eigenvalue weighted by Crippen LogP contribution is -2.37. The van der Waals surface area contributed by atoms with Gasteiger partial charge in [-0.1, -0.05) is 12.1 Å². The van der Waals surface area contributed by atoms with Gasteiger partial charge in [0.25, 0.3) is 0 Å². The van der Waals surface area contributed by atoms with Crippen LogP contribution in [0.5, 0.6) is 5.75 Å². The Balaban J connectivity index is 2.58. The maximum atomic E-state index is 5.33. The van der Waals surface area contributed by atoms with E-state index < -0.39 is 0 Å². The van der Waals surface area contributed by atoms with Crippen molar-refractivity contribution >= 4 is 5.96 Å². The molecule has 2 N–H and O–H groups in total. The Morgan fingerprint density at radius 1 is 1.21 bits per heavy atom. The van der Waals surface area contributed by atoms with E-state index in [0.717, 1.165) is 43.3 Å². The molecule has 4 heteroatoms. The van der Waals surface area contributed by atoms with Crippen LogP contribution in [0.1, 0.15) is 25.0 Å². The molecule has 19 heavy (non-hydrogen) atoms. The summed E-state index contributed by atoms with van der Waals surface area (Å²) in [5.74, 6) is 1.82. The molecule has 0 bridgehead atoms. The third-order valence-corrected chi connectivity index (χ3v) is 2.83. The molecule has 4 nitrogen and oxygen atoms in total. The quantitative estimate of drug-likeness (QED) is 0.610. The number of aryl methyl sites for hydroxylation is 1. The summed E-state index contributed by atoms with van der Waals surface area (Å²) >= 11 is 0. The summed E-state index contributed by atoms with van der Waals surface area (Å²) < 4.78 is 5.33. The van der Waals surface area contributed by atoms with Gasteiger partial charge < -0.3 is 15.4 Å². The van der Waals surface area contributed by atoms with Crippen LogP contribution < -0.4 is 15.4 Å². The normalized spacial score (nSPS) is 9.89. The molecule has 0 unspecified atom stereocenters. The van der Waals surface area contributed by atoms with Gasteiger partial charge in [-0.3, -0.25) is 4.99 Å². The van der Waals surface area contributed by atoms with E-state index in [9.17, 15) is 0 Å². The van der Waals surface area contributed by atoms with Crippen LogP contribution in [0.25, 0.3) is 0 Å². The fourth-order valence-corrected chi connectivity index (χ4v) is 1.83. The molecular formula is C15H25N3O. The molecule has 0 aliphatic rings. The van der Waals surface area contributed by atoms with E-state index in [-0.39, 0.29) is 0 Å². The van der Waals surface area contributed by atoms with Crippen LogP contribution >= 0.6 is 0 Å². The van der Waals surface area contributed by atoms with Crippen molar-refractivity contribution in [1.82, 2.24) is 10.6 Å². The summed E-state index contributed by atoms with van der Waals surface area (Å²) in [4.78, 5) is 4.53. The van der Waals surface area contributed by atoms with Crippen molar-refractivity contribution in [2.75, 3.05) is 26.7 Å². The van der Waals surface area contributed by atoms with Crippen molar-refractivity contribution < 1.29 is 4.74 Å². The van der Waals surface area contributed by atoms with Crippen molar-refractivity contribution in [3.05, 3.63) is 29.3 Å². The Morgan fingerprint density at radius 2 is 1.89 bits per heavy atom. The van der Waals surface area contributed by atoms with Gasteiger partial charge in [-0.25, -0.2) is 0 Å². The average molecular weight is 263 g/mol. The molecule has 1 aromatic carbocycles. The van der Waals surface area contributed by atoms with E-state index in [2.05, 4.69) is 54.6 Å². The third kappa shape index (κ3) is 5.20. The predicted molar refractivity (Wildman–Crippen MR) is 81.1 cm³/mol. The van der Waals surface area contributed by atoms with Crippen molar-refractivity contribution in [3.8, 4) is 5.75 Å². The van der Waals surface area contributed by atoms with Crippen LogP contribution in [0, 0.1) is 6.92 Å². The van der Waals surface area contributed by atoms with Gasteiger partial charge in [0.1, 0.15) is 5.75 Å². The number of rotatable bonds is 6.